The van der Waals surface area contributed by atoms with Gasteiger partial charge in [-0.1, -0.05) is 6.42 Å². The van der Waals surface area contributed by atoms with Crippen molar-refractivity contribution < 1.29 is 19.4 Å². The molecule has 1 heterocycles. The first kappa shape index (κ1) is 24.5. The van der Waals surface area contributed by atoms with Gasteiger partial charge in [0, 0.05) is 33.1 Å². The molecule has 1 atom stereocenters. The van der Waals surface area contributed by atoms with Gasteiger partial charge in [-0.2, -0.15) is 0 Å². The van der Waals surface area contributed by atoms with E-state index in [1.54, 1.807) is 0 Å². The second-order valence-electron chi connectivity index (χ2n) is 6.59. The molecule has 2 rings (SSSR count). The number of hydrogen-bond acceptors (Lipinski definition) is 5. The molecule has 0 aromatic heterocycles. The number of nitrogens with one attached hydrogen (secondary N) is 2. The van der Waals surface area contributed by atoms with E-state index in [0.29, 0.717) is 34.3 Å². The summed E-state index contributed by atoms with van der Waals surface area (Å²) in [5, 5.41) is 16.3. The van der Waals surface area contributed by atoms with Crippen LogP contribution in [0.3, 0.4) is 0 Å². The summed E-state index contributed by atoms with van der Waals surface area (Å²) in [5.41, 5.74) is 1.67. The first-order chi connectivity index (χ1) is 13.2. The van der Waals surface area contributed by atoms with E-state index in [0.717, 1.165) is 19.6 Å². The third-order valence-electron chi connectivity index (χ3n) is 4.33. The molecule has 1 saturated heterocycles. The predicted molar refractivity (Wildman–Crippen MR) is 134 cm³/mol. The van der Waals surface area contributed by atoms with Gasteiger partial charge in [-0.3, -0.25) is 9.59 Å². The Morgan fingerprint density at radius 3 is 1.96 bits per heavy atom. The highest BCUT2D eigenvalue weighted by atomic mass is 127. The normalized spacial score (nSPS) is 15.9. The quantitative estimate of drug-likeness (QED) is 0.293. The van der Waals surface area contributed by atoms with E-state index in [-0.39, 0.29) is 11.8 Å². The molecular formula is C18H24I3N3O4. The third-order valence-corrected chi connectivity index (χ3v) is 7.65. The average Bonchev–Trinajstić information content (AvgIpc) is 2.63. The molecule has 1 aliphatic rings. The fourth-order valence-electron chi connectivity index (χ4n) is 3.03. The minimum Gasteiger partial charge on any atom is -0.364 e. The Kier molecular flexibility index (Phi) is 10.1. The van der Waals surface area contributed by atoms with Crippen LogP contribution in [-0.2, 0) is 14.3 Å². The molecule has 3 N–H and O–H groups in total. The number of carbonyl (C=O) groups excluding carboxylic acids is 2. The van der Waals surface area contributed by atoms with E-state index in [2.05, 4.69) is 83.3 Å². The lowest BCUT2D eigenvalue weighted by molar-refractivity contribution is -0.115. The molecule has 0 spiro atoms. The zero-order valence-corrected chi connectivity index (χ0v) is 22.3. The van der Waals surface area contributed by atoms with Crippen LogP contribution < -0.4 is 10.6 Å². The molecule has 1 fully saturated rings. The number of aliphatic hydroxyl groups is 1. The molecule has 28 heavy (non-hydrogen) atoms. The number of amides is 2. The van der Waals surface area contributed by atoms with Gasteiger partial charge in [-0.25, -0.2) is 0 Å². The Labute approximate surface area is 206 Å². The van der Waals surface area contributed by atoms with Gasteiger partial charge in [-0.05, 0) is 93.7 Å². The van der Waals surface area contributed by atoms with Gasteiger partial charge in [0.05, 0.1) is 21.6 Å². The summed E-state index contributed by atoms with van der Waals surface area (Å²) in [5.74, 6) is -0.449. The Hall–Kier alpha value is 0.230. The smallest absolute Gasteiger partial charge is 0.221 e. The molecule has 0 saturated carbocycles. The van der Waals surface area contributed by atoms with Crippen LogP contribution in [-0.4, -0.2) is 48.1 Å². The van der Waals surface area contributed by atoms with Crippen molar-refractivity contribution in [3.8, 4) is 0 Å². The van der Waals surface area contributed by atoms with Gasteiger partial charge in [0.25, 0.3) is 0 Å². The van der Waals surface area contributed by atoms with Crippen LogP contribution in [0, 0.1) is 10.7 Å². The summed E-state index contributed by atoms with van der Waals surface area (Å²) >= 11 is 6.29. The molecule has 1 aromatic carbocycles. The molecule has 2 amide bonds. The Balaban J connectivity index is 2.26. The topological polar surface area (TPSA) is 90.9 Å². The number of nitrogens with zero attached hydrogens (tertiary/aromatic N) is 1. The van der Waals surface area contributed by atoms with Gasteiger partial charge in [-0.15, -0.1) is 0 Å². The van der Waals surface area contributed by atoms with Crippen molar-refractivity contribution in [1.29, 1.82) is 0 Å². The van der Waals surface area contributed by atoms with Crippen molar-refractivity contribution in [3.05, 3.63) is 16.3 Å². The highest BCUT2D eigenvalue weighted by Gasteiger charge is 2.26. The molecule has 10 heteroatoms. The third kappa shape index (κ3) is 6.62. The molecule has 0 bridgehead atoms. The zero-order chi connectivity index (χ0) is 20.8. The second kappa shape index (κ2) is 11.6. The Bertz CT molecular complexity index is 696. The highest BCUT2D eigenvalue weighted by molar-refractivity contribution is 14.1. The summed E-state index contributed by atoms with van der Waals surface area (Å²) in [6, 6.07) is 0. The highest BCUT2D eigenvalue weighted by Crippen LogP contribution is 2.41. The largest absolute Gasteiger partial charge is 0.364 e. The molecule has 1 aliphatic heterocycles. The van der Waals surface area contributed by atoms with Crippen LogP contribution in [0.5, 0.6) is 0 Å². The summed E-state index contributed by atoms with van der Waals surface area (Å²) in [6.45, 7) is 6.16. The number of rotatable bonds is 7. The summed E-state index contributed by atoms with van der Waals surface area (Å²) in [4.78, 5) is 25.7. The van der Waals surface area contributed by atoms with Crippen molar-refractivity contribution in [1.82, 2.24) is 4.90 Å². The standard InChI is InChI=1S/C18H24I3N3O4/c1-10(25)22-16-13(19)12(14(20)17(15(16)21)23-11(2)26)18(27)28-9-8-24-6-4-3-5-7-24/h18,27H,3-9H2,1-2H3,(H,22,25)(H,23,26). The van der Waals surface area contributed by atoms with Crippen LogP contribution in [0.4, 0.5) is 11.4 Å². The van der Waals surface area contributed by atoms with Crippen LogP contribution in [0.1, 0.15) is 45.0 Å². The second-order valence-corrected chi connectivity index (χ2v) is 9.83. The maximum absolute atomic E-state index is 11.7. The number of carbonyl (C=O) groups is 2. The lowest BCUT2D eigenvalue weighted by atomic mass is 10.1. The van der Waals surface area contributed by atoms with E-state index in [9.17, 15) is 14.7 Å². The van der Waals surface area contributed by atoms with E-state index >= 15 is 0 Å². The van der Waals surface area contributed by atoms with Crippen LogP contribution in [0.25, 0.3) is 0 Å². The number of aliphatic hydroxyl groups excluding tert-OH is 1. The fourth-order valence-corrected chi connectivity index (χ4v) is 7.27. The van der Waals surface area contributed by atoms with Gasteiger partial charge < -0.3 is 25.4 Å². The van der Waals surface area contributed by atoms with Crippen LogP contribution in [0.2, 0.25) is 0 Å². The lowest BCUT2D eigenvalue weighted by Crippen LogP contribution is -2.33. The average molecular weight is 727 g/mol. The molecule has 0 aliphatic carbocycles. The number of ether oxygens (including phenoxy) is 1. The van der Waals surface area contributed by atoms with E-state index in [1.807, 2.05) is 0 Å². The number of benzene rings is 1. The number of piperidine rings is 1. The maximum Gasteiger partial charge on any atom is 0.221 e. The molecular weight excluding hydrogens is 703 g/mol. The SMILES string of the molecule is CC(=O)Nc1c(I)c(NC(C)=O)c(I)c(C(O)OCCN2CCCCC2)c1I. The molecule has 7 nitrogen and oxygen atoms in total. The van der Waals surface area contributed by atoms with Crippen LogP contribution >= 0.6 is 67.8 Å². The lowest BCUT2D eigenvalue weighted by Gasteiger charge is -2.27. The number of likely N-dealkylation sites (tertiary alicyclic amines) is 1. The van der Waals surface area contributed by atoms with Gasteiger partial charge in [0.15, 0.2) is 6.29 Å². The molecule has 1 aromatic rings. The Morgan fingerprint density at radius 2 is 1.50 bits per heavy atom. The summed E-state index contributed by atoms with van der Waals surface area (Å²) in [7, 11) is 0. The van der Waals surface area contributed by atoms with Crippen LogP contribution in [0.15, 0.2) is 0 Å². The van der Waals surface area contributed by atoms with Crippen molar-refractivity contribution >= 4 is 91.0 Å². The summed E-state index contributed by atoms with van der Waals surface area (Å²) < 4.78 is 7.83. The van der Waals surface area contributed by atoms with Gasteiger partial charge in [0.1, 0.15) is 0 Å². The minimum atomic E-state index is -1.15. The first-order valence-corrected chi connectivity index (χ1v) is 12.2. The predicted octanol–water partition coefficient (Wildman–Crippen LogP) is 3.91. The van der Waals surface area contributed by atoms with E-state index in [1.165, 1.54) is 33.1 Å². The number of halogens is 3. The maximum atomic E-state index is 11.7. The van der Waals surface area contributed by atoms with E-state index < -0.39 is 6.29 Å². The number of anilines is 2. The monoisotopic (exact) mass is 727 g/mol. The molecule has 156 valence electrons. The minimum absolute atomic E-state index is 0.225. The van der Waals surface area contributed by atoms with Gasteiger partial charge >= 0.3 is 0 Å². The van der Waals surface area contributed by atoms with Gasteiger partial charge in [0.2, 0.25) is 11.8 Å². The summed E-state index contributed by atoms with van der Waals surface area (Å²) in [6.07, 6.45) is 2.53. The van der Waals surface area contributed by atoms with Crippen molar-refractivity contribution in [2.45, 2.75) is 39.4 Å². The molecule has 0 radical (unpaired) electrons. The van der Waals surface area contributed by atoms with E-state index in [4.69, 9.17) is 4.74 Å². The first-order valence-electron chi connectivity index (χ1n) is 9.00. The van der Waals surface area contributed by atoms with Crippen molar-refractivity contribution in [2.75, 3.05) is 36.9 Å². The fraction of sp³-hybridized carbons (Fsp3) is 0.556. The zero-order valence-electron chi connectivity index (χ0n) is 15.8. The molecule has 1 unspecified atom stereocenters. The Morgan fingerprint density at radius 1 is 1.00 bits per heavy atom. The number of hydrogen-bond donors (Lipinski definition) is 3. The van der Waals surface area contributed by atoms with Crippen molar-refractivity contribution in [3.63, 3.8) is 0 Å². The van der Waals surface area contributed by atoms with Crippen molar-refractivity contribution in [2.24, 2.45) is 0 Å².